The van der Waals surface area contributed by atoms with Crippen LogP contribution in [0.4, 0.5) is 4.79 Å². The van der Waals surface area contributed by atoms with Crippen molar-refractivity contribution in [2.45, 2.75) is 57.7 Å². The molecule has 31 heavy (non-hydrogen) atoms. The highest BCUT2D eigenvalue weighted by molar-refractivity contribution is 6.03. The molecule has 2 saturated heterocycles. The van der Waals surface area contributed by atoms with Crippen molar-refractivity contribution in [2.24, 2.45) is 0 Å². The lowest BCUT2D eigenvalue weighted by atomic mass is 9.80. The molecule has 2 atom stereocenters. The number of piperidine rings is 1. The molecule has 3 aliphatic heterocycles. The average molecular weight is 428 g/mol. The molecule has 0 spiro atoms. The molecule has 3 N–H and O–H groups in total. The minimum atomic E-state index is -0.632. The lowest BCUT2D eigenvalue weighted by Crippen LogP contribution is -2.50. The Labute approximate surface area is 180 Å². The van der Waals surface area contributed by atoms with Crippen LogP contribution in [-0.4, -0.2) is 54.0 Å². The topological polar surface area (TPSA) is 117 Å². The third kappa shape index (κ3) is 4.14. The Morgan fingerprint density at radius 1 is 1.19 bits per heavy atom. The number of benzene rings is 1. The molecule has 0 aliphatic carbocycles. The van der Waals surface area contributed by atoms with E-state index in [9.17, 15) is 19.2 Å². The molecule has 3 heterocycles. The van der Waals surface area contributed by atoms with Gasteiger partial charge in [-0.1, -0.05) is 6.07 Å². The second-order valence-corrected chi connectivity index (χ2v) is 9.17. The zero-order valence-electron chi connectivity index (χ0n) is 18.0. The highest BCUT2D eigenvalue weighted by atomic mass is 16.6. The summed E-state index contributed by atoms with van der Waals surface area (Å²) in [4.78, 5) is 51.4. The van der Waals surface area contributed by atoms with Gasteiger partial charge in [-0.25, -0.2) is 4.79 Å². The molecule has 0 radical (unpaired) electrons. The molecule has 3 aliphatic rings. The first-order valence-corrected chi connectivity index (χ1v) is 10.6. The van der Waals surface area contributed by atoms with Crippen molar-refractivity contribution in [2.75, 3.05) is 19.6 Å². The molecule has 1 aromatic rings. The second-order valence-electron chi connectivity index (χ2n) is 9.17. The number of ether oxygens (including phenoxy) is 1. The van der Waals surface area contributed by atoms with Crippen LogP contribution in [0.25, 0.3) is 0 Å². The van der Waals surface area contributed by atoms with Gasteiger partial charge >= 0.3 is 6.09 Å². The Bertz CT molecular complexity index is 952. The van der Waals surface area contributed by atoms with E-state index in [1.807, 2.05) is 26.8 Å². The zero-order chi connectivity index (χ0) is 22.3. The number of carbonyl (C=O) groups excluding carboxylic acids is 4. The van der Waals surface area contributed by atoms with Crippen LogP contribution in [0.3, 0.4) is 0 Å². The van der Waals surface area contributed by atoms with Gasteiger partial charge < -0.3 is 15.4 Å². The third-order valence-corrected chi connectivity index (χ3v) is 5.88. The van der Waals surface area contributed by atoms with Crippen LogP contribution in [-0.2, 0) is 20.9 Å². The quantitative estimate of drug-likeness (QED) is 0.612. The first kappa shape index (κ1) is 21.3. The van der Waals surface area contributed by atoms with Crippen molar-refractivity contribution < 1.29 is 23.9 Å². The van der Waals surface area contributed by atoms with E-state index in [1.165, 1.54) is 0 Å². The normalized spacial score (nSPS) is 23.8. The van der Waals surface area contributed by atoms with Gasteiger partial charge in [0.1, 0.15) is 5.60 Å². The standard InChI is InChI=1S/C22H28N4O5/c1-22(2,3)31-21(30)26-9-8-23-11-16(26)13-5-4-12-15(10-24-19(12)28)18(13)14-6-7-17(27)25-20(14)29/h4-5,14,16,23H,6-11H2,1-3H3,(H,24,28)(H,25,27,29). The molecule has 2 unspecified atom stereocenters. The van der Waals surface area contributed by atoms with E-state index in [0.29, 0.717) is 38.2 Å². The number of rotatable bonds is 2. The van der Waals surface area contributed by atoms with E-state index in [-0.39, 0.29) is 30.2 Å². The number of carbonyl (C=O) groups is 4. The number of nitrogens with zero attached hydrogens (tertiary/aromatic N) is 1. The van der Waals surface area contributed by atoms with Crippen LogP contribution < -0.4 is 16.0 Å². The molecule has 0 aromatic heterocycles. The maximum atomic E-state index is 13.0. The van der Waals surface area contributed by atoms with E-state index in [1.54, 1.807) is 11.0 Å². The number of imide groups is 1. The van der Waals surface area contributed by atoms with Crippen LogP contribution in [0.15, 0.2) is 12.1 Å². The second kappa shape index (κ2) is 7.96. The van der Waals surface area contributed by atoms with Crippen LogP contribution in [0, 0.1) is 0 Å². The SMILES string of the molecule is CC(C)(C)OC(=O)N1CCNCC1c1ccc2c(c1C1CCC(=O)NC1=O)CNC2=O. The first-order chi connectivity index (χ1) is 14.7. The monoisotopic (exact) mass is 428 g/mol. The zero-order valence-corrected chi connectivity index (χ0v) is 18.0. The summed E-state index contributed by atoms with van der Waals surface area (Å²) in [6.45, 7) is 7.38. The van der Waals surface area contributed by atoms with Crippen LogP contribution in [0.1, 0.15) is 72.6 Å². The van der Waals surface area contributed by atoms with E-state index < -0.39 is 17.6 Å². The predicted molar refractivity (Wildman–Crippen MR) is 111 cm³/mol. The number of nitrogens with one attached hydrogen (secondary N) is 3. The molecule has 0 bridgehead atoms. The maximum Gasteiger partial charge on any atom is 0.410 e. The van der Waals surface area contributed by atoms with Crippen molar-refractivity contribution in [1.82, 2.24) is 20.9 Å². The van der Waals surface area contributed by atoms with Gasteiger partial charge in [-0.3, -0.25) is 24.6 Å². The first-order valence-electron chi connectivity index (χ1n) is 10.6. The van der Waals surface area contributed by atoms with E-state index in [0.717, 1.165) is 16.7 Å². The Hall–Kier alpha value is -2.94. The van der Waals surface area contributed by atoms with Gasteiger partial charge in [0, 0.05) is 38.2 Å². The highest BCUT2D eigenvalue weighted by Gasteiger charge is 2.39. The maximum absolute atomic E-state index is 13.0. The number of piperazine rings is 1. The van der Waals surface area contributed by atoms with Crippen molar-refractivity contribution >= 4 is 23.8 Å². The van der Waals surface area contributed by atoms with E-state index >= 15 is 0 Å². The molecule has 0 saturated carbocycles. The van der Waals surface area contributed by atoms with E-state index in [2.05, 4.69) is 16.0 Å². The van der Waals surface area contributed by atoms with Crippen molar-refractivity contribution in [3.05, 3.63) is 34.4 Å². The van der Waals surface area contributed by atoms with Gasteiger partial charge in [0.25, 0.3) is 5.91 Å². The minimum absolute atomic E-state index is 0.180. The summed E-state index contributed by atoms with van der Waals surface area (Å²) < 4.78 is 5.63. The lowest BCUT2D eigenvalue weighted by Gasteiger charge is -2.39. The molecule has 2 fully saturated rings. The summed E-state index contributed by atoms with van der Waals surface area (Å²) in [5, 5.41) is 8.57. The van der Waals surface area contributed by atoms with E-state index in [4.69, 9.17) is 4.74 Å². The van der Waals surface area contributed by atoms with Crippen molar-refractivity contribution in [3.63, 3.8) is 0 Å². The Kier molecular flexibility index (Phi) is 5.47. The number of amides is 4. The highest BCUT2D eigenvalue weighted by Crippen LogP contribution is 2.39. The fraction of sp³-hybridized carbons (Fsp3) is 0.545. The lowest BCUT2D eigenvalue weighted by molar-refractivity contribution is -0.134. The number of hydrogen-bond donors (Lipinski definition) is 3. The van der Waals surface area contributed by atoms with Crippen LogP contribution in [0.2, 0.25) is 0 Å². The Morgan fingerprint density at radius 3 is 2.68 bits per heavy atom. The summed E-state index contributed by atoms with van der Waals surface area (Å²) in [7, 11) is 0. The van der Waals surface area contributed by atoms with Crippen molar-refractivity contribution in [1.29, 1.82) is 0 Å². The van der Waals surface area contributed by atoms with Gasteiger partial charge in [-0.15, -0.1) is 0 Å². The van der Waals surface area contributed by atoms with Gasteiger partial charge in [-0.2, -0.15) is 0 Å². The van der Waals surface area contributed by atoms with Gasteiger partial charge in [-0.05, 0) is 49.9 Å². The minimum Gasteiger partial charge on any atom is -0.444 e. The summed E-state index contributed by atoms with van der Waals surface area (Å²) >= 11 is 0. The molecule has 166 valence electrons. The fourth-order valence-corrected chi connectivity index (χ4v) is 4.54. The van der Waals surface area contributed by atoms with Crippen LogP contribution in [0.5, 0.6) is 0 Å². The Morgan fingerprint density at radius 2 is 1.97 bits per heavy atom. The third-order valence-electron chi connectivity index (χ3n) is 5.88. The molecular weight excluding hydrogens is 400 g/mol. The smallest absolute Gasteiger partial charge is 0.410 e. The molecule has 4 amide bonds. The van der Waals surface area contributed by atoms with Gasteiger partial charge in [0.15, 0.2) is 0 Å². The molecule has 9 heteroatoms. The summed E-state index contributed by atoms with van der Waals surface area (Å²) in [5.41, 5.74) is 2.22. The Balaban J connectivity index is 1.78. The molecule has 9 nitrogen and oxygen atoms in total. The fourth-order valence-electron chi connectivity index (χ4n) is 4.54. The number of hydrogen-bond acceptors (Lipinski definition) is 6. The predicted octanol–water partition coefficient (Wildman–Crippen LogP) is 1.33. The summed E-state index contributed by atoms with van der Waals surface area (Å²) in [6.07, 6.45) is 0.192. The largest absolute Gasteiger partial charge is 0.444 e. The van der Waals surface area contributed by atoms with Gasteiger partial charge in [0.05, 0.1) is 12.0 Å². The summed E-state index contributed by atoms with van der Waals surface area (Å²) in [6, 6.07) is 3.23. The molecular formula is C22H28N4O5. The summed E-state index contributed by atoms with van der Waals surface area (Å²) in [5.74, 6) is -1.39. The molecule has 4 rings (SSSR count). The average Bonchev–Trinajstić information content (AvgIpc) is 3.07. The van der Waals surface area contributed by atoms with Gasteiger partial charge in [0.2, 0.25) is 11.8 Å². The molecule has 1 aromatic carbocycles. The van der Waals surface area contributed by atoms with Crippen molar-refractivity contribution in [3.8, 4) is 0 Å². The van der Waals surface area contributed by atoms with Crippen LogP contribution >= 0.6 is 0 Å². The number of fused-ring (bicyclic) bond motifs is 1.